The molecule has 1 fully saturated rings. The number of piperidine rings is 1. The lowest BCUT2D eigenvalue weighted by Crippen LogP contribution is -2.45. The minimum absolute atomic E-state index is 0.0997. The number of nitrogens with zero attached hydrogens (tertiary/aromatic N) is 1. The van der Waals surface area contributed by atoms with Gasteiger partial charge in [0.1, 0.15) is 5.88 Å². The van der Waals surface area contributed by atoms with Gasteiger partial charge in [0.25, 0.3) is 0 Å². The average molecular weight is 345 g/mol. The number of amides is 1. The zero-order valence-corrected chi connectivity index (χ0v) is 13.0. The number of alkyl halides is 4. The predicted octanol–water partition coefficient (Wildman–Crippen LogP) is 3.33. The van der Waals surface area contributed by atoms with Crippen LogP contribution in [-0.4, -0.2) is 35.8 Å². The number of hydrogen-bond acceptors (Lipinski definition) is 2. The standard InChI is InChI=1S/C16H16ClF3N2O/c1-2-11-6-12(16(18,19)20)8-14(7-11)21-13-4-3-5-22(10-13)15(23)9-17/h1,6-8,13,21H,3-5,9-10H2. The van der Waals surface area contributed by atoms with Crippen LogP contribution < -0.4 is 5.32 Å². The van der Waals surface area contributed by atoms with Gasteiger partial charge in [-0.15, -0.1) is 18.0 Å². The summed E-state index contributed by atoms with van der Waals surface area (Å²) in [5.41, 5.74) is -0.329. The van der Waals surface area contributed by atoms with E-state index in [0.717, 1.165) is 25.0 Å². The smallest absolute Gasteiger partial charge is 0.380 e. The number of rotatable bonds is 3. The highest BCUT2D eigenvalue weighted by molar-refractivity contribution is 6.27. The lowest BCUT2D eigenvalue weighted by molar-refractivity contribution is -0.137. The first-order valence-electron chi connectivity index (χ1n) is 7.12. The van der Waals surface area contributed by atoms with Gasteiger partial charge in [-0.2, -0.15) is 13.2 Å². The second kappa shape index (κ2) is 7.14. The molecule has 0 bridgehead atoms. The molecule has 3 nitrogen and oxygen atoms in total. The van der Waals surface area contributed by atoms with Crippen LogP contribution in [0, 0.1) is 12.3 Å². The van der Waals surface area contributed by atoms with Crippen molar-refractivity contribution in [3.05, 3.63) is 29.3 Å². The third kappa shape index (κ3) is 4.55. The van der Waals surface area contributed by atoms with E-state index in [9.17, 15) is 18.0 Å². The summed E-state index contributed by atoms with van der Waals surface area (Å²) in [6.45, 7) is 1.02. The first-order valence-corrected chi connectivity index (χ1v) is 7.66. The van der Waals surface area contributed by atoms with Crippen molar-refractivity contribution in [1.82, 2.24) is 4.90 Å². The van der Waals surface area contributed by atoms with Gasteiger partial charge in [0, 0.05) is 30.4 Å². The number of benzene rings is 1. The van der Waals surface area contributed by atoms with E-state index in [1.807, 2.05) is 0 Å². The molecule has 1 amide bonds. The van der Waals surface area contributed by atoms with Crippen LogP contribution in [0.15, 0.2) is 18.2 Å². The molecule has 1 unspecified atom stereocenters. The second-order valence-electron chi connectivity index (χ2n) is 5.40. The first kappa shape index (κ1) is 17.5. The van der Waals surface area contributed by atoms with Crippen molar-refractivity contribution >= 4 is 23.2 Å². The Hall–Kier alpha value is -1.87. The number of halogens is 4. The fourth-order valence-electron chi connectivity index (χ4n) is 2.60. The van der Waals surface area contributed by atoms with Gasteiger partial charge >= 0.3 is 6.18 Å². The van der Waals surface area contributed by atoms with E-state index in [1.54, 1.807) is 4.90 Å². The minimum Gasteiger partial charge on any atom is -0.380 e. The van der Waals surface area contributed by atoms with E-state index in [4.69, 9.17) is 18.0 Å². The third-order valence-electron chi connectivity index (χ3n) is 3.69. The predicted molar refractivity (Wildman–Crippen MR) is 83.3 cm³/mol. The lowest BCUT2D eigenvalue weighted by Gasteiger charge is -2.33. The van der Waals surface area contributed by atoms with Gasteiger partial charge in [0.15, 0.2) is 0 Å². The first-order chi connectivity index (χ1) is 10.8. The van der Waals surface area contributed by atoms with Gasteiger partial charge < -0.3 is 10.2 Å². The van der Waals surface area contributed by atoms with Gasteiger partial charge in [-0.1, -0.05) is 5.92 Å². The monoisotopic (exact) mass is 344 g/mol. The molecule has 0 radical (unpaired) electrons. The number of hydrogen-bond donors (Lipinski definition) is 1. The van der Waals surface area contributed by atoms with Crippen LogP contribution in [0.4, 0.5) is 18.9 Å². The van der Waals surface area contributed by atoms with Crippen molar-refractivity contribution in [2.45, 2.75) is 25.1 Å². The Morgan fingerprint density at radius 1 is 1.43 bits per heavy atom. The summed E-state index contributed by atoms with van der Waals surface area (Å²) in [6.07, 6.45) is 2.29. The van der Waals surface area contributed by atoms with Crippen molar-refractivity contribution < 1.29 is 18.0 Å². The molecule has 1 aromatic carbocycles. The number of terminal acetylenes is 1. The Balaban J connectivity index is 2.16. The van der Waals surface area contributed by atoms with Crippen LogP contribution in [0.25, 0.3) is 0 Å². The summed E-state index contributed by atoms with van der Waals surface area (Å²) in [5, 5.41) is 3.04. The molecule has 1 N–H and O–H groups in total. The van der Waals surface area contributed by atoms with Crippen molar-refractivity contribution in [3.8, 4) is 12.3 Å². The van der Waals surface area contributed by atoms with Gasteiger partial charge in [0.2, 0.25) is 5.91 Å². The van der Waals surface area contributed by atoms with E-state index < -0.39 is 11.7 Å². The SMILES string of the molecule is C#Cc1cc(NC2CCCN(C(=O)CCl)C2)cc(C(F)(F)F)c1. The molecule has 0 aromatic heterocycles. The van der Waals surface area contributed by atoms with Gasteiger partial charge in [0.05, 0.1) is 5.56 Å². The van der Waals surface area contributed by atoms with Gasteiger partial charge in [-0.3, -0.25) is 4.79 Å². The summed E-state index contributed by atoms with van der Waals surface area (Å²) < 4.78 is 38.7. The van der Waals surface area contributed by atoms with E-state index in [2.05, 4.69) is 11.2 Å². The molecule has 0 saturated carbocycles. The molecule has 0 aliphatic carbocycles. The summed E-state index contributed by atoms with van der Waals surface area (Å²) in [6, 6.07) is 3.33. The fraction of sp³-hybridized carbons (Fsp3) is 0.438. The largest absolute Gasteiger partial charge is 0.416 e. The van der Waals surface area contributed by atoms with Crippen LogP contribution >= 0.6 is 11.6 Å². The van der Waals surface area contributed by atoms with E-state index >= 15 is 0 Å². The van der Waals surface area contributed by atoms with Crippen LogP contribution in [0.5, 0.6) is 0 Å². The molecule has 1 saturated heterocycles. The Labute approximate surface area is 137 Å². The molecule has 1 aromatic rings. The Morgan fingerprint density at radius 3 is 2.78 bits per heavy atom. The van der Waals surface area contributed by atoms with Crippen molar-refractivity contribution in [2.75, 3.05) is 24.3 Å². The zero-order chi connectivity index (χ0) is 17.0. The second-order valence-corrected chi connectivity index (χ2v) is 5.67. The molecule has 2 rings (SSSR count). The highest BCUT2D eigenvalue weighted by Gasteiger charge is 2.31. The number of nitrogens with one attached hydrogen (secondary N) is 1. The summed E-state index contributed by atoms with van der Waals surface area (Å²) in [7, 11) is 0. The number of carbonyl (C=O) groups excluding carboxylic acids is 1. The van der Waals surface area contributed by atoms with Crippen LogP contribution in [-0.2, 0) is 11.0 Å². The molecule has 1 aliphatic rings. The highest BCUT2D eigenvalue weighted by atomic mass is 35.5. The molecule has 1 aliphatic heterocycles. The normalized spacial score (nSPS) is 18.4. The quantitative estimate of drug-likeness (QED) is 0.674. The molecule has 0 spiro atoms. The topological polar surface area (TPSA) is 32.3 Å². The number of anilines is 1. The van der Waals surface area contributed by atoms with Crippen molar-refractivity contribution in [3.63, 3.8) is 0 Å². The van der Waals surface area contributed by atoms with Crippen LogP contribution in [0.2, 0.25) is 0 Å². The fourth-order valence-corrected chi connectivity index (χ4v) is 2.77. The Morgan fingerprint density at radius 2 is 2.17 bits per heavy atom. The maximum atomic E-state index is 12.9. The van der Waals surface area contributed by atoms with Crippen molar-refractivity contribution in [2.24, 2.45) is 0 Å². The van der Waals surface area contributed by atoms with E-state index in [0.29, 0.717) is 18.8 Å². The van der Waals surface area contributed by atoms with Crippen molar-refractivity contribution in [1.29, 1.82) is 0 Å². The van der Waals surface area contributed by atoms with E-state index in [-0.39, 0.29) is 23.4 Å². The zero-order valence-electron chi connectivity index (χ0n) is 12.3. The van der Waals surface area contributed by atoms with Crippen LogP contribution in [0.1, 0.15) is 24.0 Å². The third-order valence-corrected chi connectivity index (χ3v) is 3.91. The lowest BCUT2D eigenvalue weighted by atomic mass is 10.0. The summed E-state index contributed by atoms with van der Waals surface area (Å²) >= 11 is 5.55. The summed E-state index contributed by atoms with van der Waals surface area (Å²) in [4.78, 5) is 13.3. The molecule has 1 atom stereocenters. The van der Waals surface area contributed by atoms with Crippen LogP contribution in [0.3, 0.4) is 0 Å². The molecule has 7 heteroatoms. The molecular weight excluding hydrogens is 329 g/mol. The Bertz CT molecular complexity index is 625. The molecule has 124 valence electrons. The average Bonchev–Trinajstić information content (AvgIpc) is 2.53. The number of carbonyl (C=O) groups is 1. The highest BCUT2D eigenvalue weighted by Crippen LogP contribution is 2.32. The Kier molecular flexibility index (Phi) is 5.42. The van der Waals surface area contributed by atoms with Gasteiger partial charge in [-0.25, -0.2) is 0 Å². The summed E-state index contributed by atoms with van der Waals surface area (Å²) in [5.74, 6) is 1.96. The van der Waals surface area contributed by atoms with Gasteiger partial charge in [-0.05, 0) is 31.0 Å². The maximum absolute atomic E-state index is 12.9. The maximum Gasteiger partial charge on any atom is 0.416 e. The van der Waals surface area contributed by atoms with E-state index in [1.165, 1.54) is 6.07 Å². The molecular formula is C16H16ClF3N2O. The number of likely N-dealkylation sites (tertiary alicyclic amines) is 1. The molecule has 1 heterocycles. The minimum atomic E-state index is -4.46. The molecule has 23 heavy (non-hydrogen) atoms.